The van der Waals surface area contributed by atoms with Crippen molar-refractivity contribution in [2.45, 2.75) is 24.7 Å². The Morgan fingerprint density at radius 3 is 2.61 bits per heavy atom. The van der Waals surface area contributed by atoms with Crippen LogP contribution in [0.25, 0.3) is 0 Å². The highest BCUT2D eigenvalue weighted by molar-refractivity contribution is 5.91. The Hall–Kier alpha value is -1.42. The molecule has 18 heavy (non-hydrogen) atoms. The molecule has 1 N–H and O–H groups in total. The summed E-state index contributed by atoms with van der Waals surface area (Å²) in [7, 11) is 1.64. The van der Waals surface area contributed by atoms with E-state index in [1.54, 1.807) is 19.2 Å². The minimum Gasteiger partial charge on any atom is -0.385 e. The predicted molar refractivity (Wildman–Crippen MR) is 66.8 cm³/mol. The van der Waals surface area contributed by atoms with Crippen LogP contribution >= 0.6 is 0 Å². The molecule has 0 aromatic heterocycles. The zero-order valence-corrected chi connectivity index (χ0v) is 10.5. The standard InChI is InChI=1S/C14H18FNO2/c1-18-10-2-9-16-13(17)14(7-8-14)11-3-5-12(15)6-4-11/h3-6H,2,7-10H2,1H3,(H,16,17). The molecule has 1 aliphatic carbocycles. The SMILES string of the molecule is COCCCNC(=O)C1(c2ccc(F)cc2)CC1. The summed E-state index contributed by atoms with van der Waals surface area (Å²) >= 11 is 0. The first-order valence-electron chi connectivity index (χ1n) is 6.22. The molecule has 4 heteroatoms. The molecule has 1 amide bonds. The molecule has 2 rings (SSSR count). The van der Waals surface area contributed by atoms with Crippen LogP contribution in [0.15, 0.2) is 24.3 Å². The third-order valence-corrected chi connectivity index (χ3v) is 3.39. The summed E-state index contributed by atoms with van der Waals surface area (Å²) in [5.74, 6) is -0.222. The first kappa shape index (κ1) is 13.0. The lowest BCUT2D eigenvalue weighted by atomic mass is 9.95. The quantitative estimate of drug-likeness (QED) is 0.785. The van der Waals surface area contributed by atoms with Gasteiger partial charge in [-0.2, -0.15) is 0 Å². The first-order chi connectivity index (χ1) is 8.69. The summed E-state index contributed by atoms with van der Waals surface area (Å²) in [5.41, 5.74) is 0.494. The van der Waals surface area contributed by atoms with Crippen LogP contribution in [0.4, 0.5) is 4.39 Å². The van der Waals surface area contributed by atoms with Gasteiger partial charge < -0.3 is 10.1 Å². The van der Waals surface area contributed by atoms with Gasteiger partial charge in [0.15, 0.2) is 0 Å². The van der Waals surface area contributed by atoms with Crippen LogP contribution < -0.4 is 5.32 Å². The highest BCUT2D eigenvalue weighted by Gasteiger charge is 2.50. The number of carbonyl (C=O) groups is 1. The number of benzene rings is 1. The number of rotatable bonds is 6. The van der Waals surface area contributed by atoms with Crippen molar-refractivity contribution in [2.24, 2.45) is 0 Å². The number of ether oxygens (including phenoxy) is 1. The van der Waals surface area contributed by atoms with Crippen LogP contribution in [0.5, 0.6) is 0 Å². The van der Waals surface area contributed by atoms with E-state index in [1.165, 1.54) is 12.1 Å². The normalized spacial score (nSPS) is 16.3. The smallest absolute Gasteiger partial charge is 0.230 e. The fourth-order valence-electron chi connectivity index (χ4n) is 2.13. The van der Waals surface area contributed by atoms with Gasteiger partial charge in [-0.05, 0) is 37.0 Å². The Morgan fingerprint density at radius 1 is 1.39 bits per heavy atom. The molecule has 1 aromatic rings. The Bertz CT molecular complexity index is 412. The highest BCUT2D eigenvalue weighted by Crippen LogP contribution is 2.48. The summed E-state index contributed by atoms with van der Waals surface area (Å²) in [6.45, 7) is 1.26. The molecule has 0 atom stereocenters. The van der Waals surface area contributed by atoms with Gasteiger partial charge in [0.05, 0.1) is 5.41 Å². The predicted octanol–water partition coefficient (Wildman–Crippen LogP) is 2.01. The van der Waals surface area contributed by atoms with E-state index in [0.717, 1.165) is 24.8 Å². The van der Waals surface area contributed by atoms with Gasteiger partial charge in [0.1, 0.15) is 5.82 Å². The largest absolute Gasteiger partial charge is 0.385 e. The summed E-state index contributed by atoms with van der Waals surface area (Å²) < 4.78 is 17.8. The van der Waals surface area contributed by atoms with Crippen molar-refractivity contribution in [3.05, 3.63) is 35.6 Å². The maximum atomic E-state index is 12.9. The molecular formula is C14H18FNO2. The molecular weight excluding hydrogens is 233 g/mol. The Morgan fingerprint density at radius 2 is 2.06 bits per heavy atom. The molecule has 0 heterocycles. The summed E-state index contributed by atoms with van der Waals surface area (Å²) in [5, 5.41) is 2.92. The van der Waals surface area contributed by atoms with Crippen LogP contribution in [-0.4, -0.2) is 26.2 Å². The molecule has 1 aliphatic rings. The van der Waals surface area contributed by atoms with Crippen molar-refractivity contribution in [2.75, 3.05) is 20.3 Å². The van der Waals surface area contributed by atoms with E-state index >= 15 is 0 Å². The Balaban J connectivity index is 1.94. The van der Waals surface area contributed by atoms with Gasteiger partial charge in [-0.15, -0.1) is 0 Å². The minimum atomic E-state index is -0.416. The number of amides is 1. The number of carbonyl (C=O) groups excluding carboxylic acids is 1. The van der Waals surface area contributed by atoms with Gasteiger partial charge in [-0.25, -0.2) is 4.39 Å². The van der Waals surface area contributed by atoms with Gasteiger partial charge in [0, 0.05) is 20.3 Å². The molecule has 1 saturated carbocycles. The topological polar surface area (TPSA) is 38.3 Å². The highest BCUT2D eigenvalue weighted by atomic mass is 19.1. The molecule has 0 radical (unpaired) electrons. The molecule has 0 bridgehead atoms. The summed E-state index contributed by atoms with van der Waals surface area (Å²) in [6, 6.07) is 6.23. The Kier molecular flexibility index (Phi) is 3.97. The van der Waals surface area contributed by atoms with Gasteiger partial charge >= 0.3 is 0 Å². The molecule has 0 aliphatic heterocycles. The minimum absolute atomic E-state index is 0.0465. The number of methoxy groups -OCH3 is 1. The van der Waals surface area contributed by atoms with E-state index in [1.807, 2.05) is 0 Å². The lowest BCUT2D eigenvalue weighted by Gasteiger charge is -2.15. The number of halogens is 1. The monoisotopic (exact) mass is 251 g/mol. The van der Waals surface area contributed by atoms with Gasteiger partial charge in [-0.3, -0.25) is 4.79 Å². The average Bonchev–Trinajstić information content (AvgIpc) is 3.17. The van der Waals surface area contributed by atoms with E-state index in [-0.39, 0.29) is 11.7 Å². The third kappa shape index (κ3) is 2.70. The zero-order valence-electron chi connectivity index (χ0n) is 10.5. The Labute approximate surface area is 106 Å². The number of nitrogens with one attached hydrogen (secondary N) is 1. The van der Waals surface area contributed by atoms with E-state index in [9.17, 15) is 9.18 Å². The zero-order chi connectivity index (χ0) is 13.0. The molecule has 0 spiro atoms. The van der Waals surface area contributed by atoms with Crippen molar-refractivity contribution in [1.82, 2.24) is 5.32 Å². The van der Waals surface area contributed by atoms with Crippen LogP contribution in [-0.2, 0) is 14.9 Å². The number of hydrogen-bond acceptors (Lipinski definition) is 2. The lowest BCUT2D eigenvalue weighted by Crippen LogP contribution is -2.35. The summed E-state index contributed by atoms with van der Waals surface area (Å²) in [6.07, 6.45) is 2.49. The van der Waals surface area contributed by atoms with Crippen molar-refractivity contribution in [1.29, 1.82) is 0 Å². The van der Waals surface area contributed by atoms with E-state index in [4.69, 9.17) is 4.74 Å². The lowest BCUT2D eigenvalue weighted by molar-refractivity contribution is -0.123. The maximum Gasteiger partial charge on any atom is 0.230 e. The molecule has 1 aromatic carbocycles. The average molecular weight is 251 g/mol. The third-order valence-electron chi connectivity index (χ3n) is 3.39. The van der Waals surface area contributed by atoms with Crippen LogP contribution in [0.1, 0.15) is 24.8 Å². The molecule has 98 valence electrons. The van der Waals surface area contributed by atoms with Crippen LogP contribution in [0.3, 0.4) is 0 Å². The molecule has 1 fully saturated rings. The van der Waals surface area contributed by atoms with Crippen molar-refractivity contribution >= 4 is 5.91 Å². The second kappa shape index (κ2) is 5.48. The molecule has 3 nitrogen and oxygen atoms in total. The van der Waals surface area contributed by atoms with Crippen LogP contribution in [0, 0.1) is 5.82 Å². The summed E-state index contributed by atoms with van der Waals surface area (Å²) in [4.78, 5) is 12.1. The van der Waals surface area contributed by atoms with E-state index in [2.05, 4.69) is 5.32 Å². The van der Waals surface area contributed by atoms with Gasteiger partial charge in [0.2, 0.25) is 5.91 Å². The van der Waals surface area contributed by atoms with Gasteiger partial charge in [-0.1, -0.05) is 12.1 Å². The molecule has 0 unspecified atom stereocenters. The second-order valence-corrected chi connectivity index (χ2v) is 4.69. The van der Waals surface area contributed by atoms with Crippen molar-refractivity contribution in [3.8, 4) is 0 Å². The van der Waals surface area contributed by atoms with E-state index < -0.39 is 5.41 Å². The molecule has 0 saturated heterocycles. The first-order valence-corrected chi connectivity index (χ1v) is 6.22. The van der Waals surface area contributed by atoms with Crippen molar-refractivity contribution in [3.63, 3.8) is 0 Å². The second-order valence-electron chi connectivity index (χ2n) is 4.69. The number of hydrogen-bond donors (Lipinski definition) is 1. The maximum absolute atomic E-state index is 12.9. The van der Waals surface area contributed by atoms with Crippen LogP contribution in [0.2, 0.25) is 0 Å². The fourth-order valence-corrected chi connectivity index (χ4v) is 2.13. The van der Waals surface area contributed by atoms with Crippen molar-refractivity contribution < 1.29 is 13.9 Å². The fraction of sp³-hybridized carbons (Fsp3) is 0.500. The van der Waals surface area contributed by atoms with E-state index in [0.29, 0.717) is 13.2 Å². The van der Waals surface area contributed by atoms with Gasteiger partial charge in [0.25, 0.3) is 0 Å².